The fourth-order valence-electron chi connectivity index (χ4n) is 5.12. The monoisotopic (exact) mass is 413 g/mol. The molecule has 2 saturated heterocycles. The lowest BCUT2D eigenvalue weighted by molar-refractivity contribution is 0.0695. The first kappa shape index (κ1) is 19.2. The Morgan fingerprint density at radius 1 is 1.20 bits per heavy atom. The molecule has 0 radical (unpaired) electrons. The predicted octanol–water partition coefficient (Wildman–Crippen LogP) is 2.24. The zero-order valence-electron chi connectivity index (χ0n) is 17.3. The average molecular weight is 413 g/mol. The molecule has 2 atom stereocenters. The van der Waals surface area contributed by atoms with Crippen LogP contribution < -0.4 is 25.1 Å². The van der Waals surface area contributed by atoms with Crippen LogP contribution in [-0.2, 0) is 0 Å². The molecule has 8 nitrogen and oxygen atoms in total. The van der Waals surface area contributed by atoms with Crippen LogP contribution in [0.15, 0.2) is 17.1 Å². The summed E-state index contributed by atoms with van der Waals surface area (Å²) in [5.41, 5.74) is 0.783. The van der Waals surface area contributed by atoms with Crippen LogP contribution >= 0.6 is 0 Å². The van der Waals surface area contributed by atoms with Crippen molar-refractivity contribution in [1.82, 2.24) is 9.88 Å². The first-order chi connectivity index (χ1) is 14.5. The lowest BCUT2D eigenvalue weighted by atomic mass is 9.94. The number of carboxylic acid groups (broad SMARTS) is 1. The van der Waals surface area contributed by atoms with Crippen molar-refractivity contribution in [3.8, 4) is 11.5 Å². The zero-order chi connectivity index (χ0) is 21.0. The number of nitrogens with one attached hydrogen (secondary N) is 1. The summed E-state index contributed by atoms with van der Waals surface area (Å²) in [5.74, 6) is 0.487. The Labute approximate surface area is 174 Å². The van der Waals surface area contributed by atoms with Gasteiger partial charge < -0.3 is 29.4 Å². The number of piperidine rings is 1. The molecule has 1 saturated carbocycles. The number of ether oxygens (including phenoxy) is 2. The minimum absolute atomic E-state index is 0.184. The largest absolute Gasteiger partial charge is 0.494 e. The van der Waals surface area contributed by atoms with Crippen molar-refractivity contribution in [1.29, 1.82) is 0 Å². The van der Waals surface area contributed by atoms with E-state index in [1.807, 2.05) is 4.57 Å². The molecule has 1 aliphatic carbocycles. The molecule has 1 aromatic carbocycles. The van der Waals surface area contributed by atoms with Crippen LogP contribution in [-0.4, -0.2) is 55.5 Å². The number of nitrogens with zero attached hydrogens (tertiary/aromatic N) is 2. The summed E-state index contributed by atoms with van der Waals surface area (Å²) in [7, 11) is 3.18. The number of anilines is 1. The average Bonchev–Trinajstić information content (AvgIpc) is 3.50. The summed E-state index contributed by atoms with van der Waals surface area (Å²) in [5, 5.41) is 13.5. The van der Waals surface area contributed by atoms with Gasteiger partial charge in [0.15, 0.2) is 5.75 Å². The highest BCUT2D eigenvalue weighted by molar-refractivity contribution is 5.99. The van der Waals surface area contributed by atoms with Crippen molar-refractivity contribution in [2.75, 3.05) is 38.8 Å². The molecule has 0 unspecified atom stereocenters. The second kappa shape index (κ2) is 7.19. The smallest absolute Gasteiger partial charge is 0.341 e. The number of hydrogen-bond donors (Lipinski definition) is 2. The molecule has 5 rings (SSSR count). The van der Waals surface area contributed by atoms with E-state index in [-0.39, 0.29) is 11.6 Å². The van der Waals surface area contributed by atoms with Crippen LogP contribution in [0.1, 0.15) is 42.1 Å². The standard InChI is InChI=1S/C22H27N3O5/c1-29-17-8-14-18(25(13-5-6-13)10-15(20(14)26)22(27)28)21(30-2)19(17)24-9-12-4-3-7-23-16(12)11-24/h8,10,12-13,16,23H,3-7,9,11H2,1-2H3,(H,27,28)/t12-,16-/m0/s1. The zero-order valence-corrected chi connectivity index (χ0v) is 17.3. The lowest BCUT2D eigenvalue weighted by Gasteiger charge is -2.26. The molecule has 30 heavy (non-hydrogen) atoms. The molecule has 3 fully saturated rings. The van der Waals surface area contributed by atoms with Gasteiger partial charge in [0.05, 0.1) is 25.1 Å². The molecular weight excluding hydrogens is 386 g/mol. The first-order valence-electron chi connectivity index (χ1n) is 10.6. The third-order valence-electron chi connectivity index (χ3n) is 6.72. The molecule has 2 aliphatic heterocycles. The summed E-state index contributed by atoms with van der Waals surface area (Å²) in [6.07, 6.45) is 5.77. The van der Waals surface area contributed by atoms with E-state index in [0.29, 0.717) is 34.4 Å². The Hall–Kier alpha value is -2.74. The van der Waals surface area contributed by atoms with Crippen molar-refractivity contribution in [2.45, 2.75) is 37.8 Å². The number of methoxy groups -OCH3 is 2. The second-order valence-electron chi connectivity index (χ2n) is 8.54. The molecule has 160 valence electrons. The third kappa shape index (κ3) is 2.93. The van der Waals surface area contributed by atoms with Crippen molar-refractivity contribution in [3.05, 3.63) is 28.0 Å². The van der Waals surface area contributed by atoms with E-state index < -0.39 is 11.4 Å². The highest BCUT2D eigenvalue weighted by atomic mass is 16.5. The fraction of sp³-hybridized carbons (Fsp3) is 0.545. The SMILES string of the molecule is COc1cc2c(=O)c(C(=O)O)cn(C3CC3)c2c(OC)c1N1C[C@@H]2CCCN[C@H]2C1. The lowest BCUT2D eigenvalue weighted by Crippen LogP contribution is -2.40. The van der Waals surface area contributed by atoms with Gasteiger partial charge in [-0.2, -0.15) is 0 Å². The maximum atomic E-state index is 13.0. The van der Waals surface area contributed by atoms with Gasteiger partial charge in [-0.15, -0.1) is 0 Å². The molecule has 0 amide bonds. The molecule has 3 heterocycles. The number of aromatic nitrogens is 1. The van der Waals surface area contributed by atoms with Gasteiger partial charge in [-0.1, -0.05) is 0 Å². The number of rotatable bonds is 5. The quantitative estimate of drug-likeness (QED) is 0.777. The molecule has 0 spiro atoms. The van der Waals surface area contributed by atoms with Crippen molar-refractivity contribution >= 4 is 22.6 Å². The van der Waals surface area contributed by atoms with Crippen LogP contribution in [0.25, 0.3) is 10.9 Å². The molecular formula is C22H27N3O5. The van der Waals surface area contributed by atoms with E-state index in [2.05, 4.69) is 10.2 Å². The topological polar surface area (TPSA) is 93.0 Å². The van der Waals surface area contributed by atoms with Gasteiger partial charge in [0.25, 0.3) is 0 Å². The molecule has 3 aliphatic rings. The molecule has 2 N–H and O–H groups in total. The predicted molar refractivity (Wildman–Crippen MR) is 113 cm³/mol. The number of carboxylic acids is 1. The third-order valence-corrected chi connectivity index (χ3v) is 6.72. The van der Waals surface area contributed by atoms with Gasteiger partial charge in [0, 0.05) is 31.4 Å². The molecule has 8 heteroatoms. The number of carbonyl (C=O) groups is 1. The summed E-state index contributed by atoms with van der Waals surface area (Å²) >= 11 is 0. The highest BCUT2D eigenvalue weighted by Gasteiger charge is 2.38. The summed E-state index contributed by atoms with van der Waals surface area (Å²) in [6, 6.07) is 2.31. The Morgan fingerprint density at radius 2 is 2.00 bits per heavy atom. The van der Waals surface area contributed by atoms with Crippen LogP contribution in [0.4, 0.5) is 5.69 Å². The van der Waals surface area contributed by atoms with E-state index in [4.69, 9.17) is 9.47 Å². The number of hydrogen-bond acceptors (Lipinski definition) is 6. The normalized spacial score (nSPS) is 23.5. The number of fused-ring (bicyclic) bond motifs is 2. The fourth-order valence-corrected chi connectivity index (χ4v) is 5.12. The Kier molecular flexibility index (Phi) is 4.61. The molecule has 0 bridgehead atoms. The van der Waals surface area contributed by atoms with Crippen molar-refractivity contribution < 1.29 is 19.4 Å². The minimum atomic E-state index is -1.21. The Bertz CT molecular complexity index is 1060. The van der Waals surface area contributed by atoms with Crippen LogP contribution in [0.3, 0.4) is 0 Å². The van der Waals surface area contributed by atoms with Gasteiger partial charge in [-0.05, 0) is 44.2 Å². The van der Waals surface area contributed by atoms with Crippen LogP contribution in [0, 0.1) is 5.92 Å². The van der Waals surface area contributed by atoms with Crippen molar-refractivity contribution in [2.24, 2.45) is 5.92 Å². The van der Waals surface area contributed by atoms with E-state index in [1.165, 1.54) is 19.0 Å². The van der Waals surface area contributed by atoms with Crippen LogP contribution in [0.2, 0.25) is 0 Å². The number of aromatic carboxylic acids is 1. The number of pyridine rings is 1. The Morgan fingerprint density at radius 3 is 2.63 bits per heavy atom. The maximum absolute atomic E-state index is 13.0. The molecule has 2 aromatic rings. The summed E-state index contributed by atoms with van der Waals surface area (Å²) in [4.78, 5) is 27.0. The maximum Gasteiger partial charge on any atom is 0.341 e. The number of benzene rings is 1. The van der Waals surface area contributed by atoms with E-state index >= 15 is 0 Å². The van der Waals surface area contributed by atoms with Gasteiger partial charge in [-0.3, -0.25) is 4.79 Å². The van der Waals surface area contributed by atoms with Crippen molar-refractivity contribution in [3.63, 3.8) is 0 Å². The summed E-state index contributed by atoms with van der Waals surface area (Å²) in [6.45, 7) is 2.79. The summed E-state index contributed by atoms with van der Waals surface area (Å²) < 4.78 is 13.5. The van der Waals surface area contributed by atoms with E-state index in [9.17, 15) is 14.7 Å². The van der Waals surface area contributed by atoms with E-state index in [1.54, 1.807) is 20.3 Å². The van der Waals surface area contributed by atoms with Gasteiger partial charge >= 0.3 is 5.97 Å². The van der Waals surface area contributed by atoms with Crippen LogP contribution in [0.5, 0.6) is 11.5 Å². The second-order valence-corrected chi connectivity index (χ2v) is 8.54. The van der Waals surface area contributed by atoms with Gasteiger partial charge in [0.2, 0.25) is 5.43 Å². The first-order valence-corrected chi connectivity index (χ1v) is 10.6. The highest BCUT2D eigenvalue weighted by Crippen LogP contribution is 2.48. The molecule has 1 aromatic heterocycles. The minimum Gasteiger partial charge on any atom is -0.494 e. The van der Waals surface area contributed by atoms with Gasteiger partial charge in [-0.25, -0.2) is 4.79 Å². The Balaban J connectivity index is 1.75. The van der Waals surface area contributed by atoms with Gasteiger partial charge in [0.1, 0.15) is 17.0 Å². The van der Waals surface area contributed by atoms with E-state index in [0.717, 1.165) is 38.2 Å².